The minimum atomic E-state index is -3.92. The molecule has 0 radical (unpaired) electrons. The van der Waals surface area contributed by atoms with E-state index in [0.717, 1.165) is 28.6 Å². The minimum absolute atomic E-state index is 0.0302. The molecule has 7 heteroatoms. The van der Waals surface area contributed by atoms with E-state index in [1.165, 1.54) is 7.05 Å². The molecule has 2 aromatic rings. The number of furan rings is 1. The van der Waals surface area contributed by atoms with Gasteiger partial charge in [0.05, 0.1) is 11.4 Å². The Balaban J connectivity index is 1.77. The van der Waals surface area contributed by atoms with E-state index in [2.05, 4.69) is 6.92 Å². The summed E-state index contributed by atoms with van der Waals surface area (Å²) in [5, 5.41) is 0. The lowest BCUT2D eigenvalue weighted by Crippen LogP contribution is -2.26. The molecule has 0 aliphatic heterocycles. The van der Waals surface area contributed by atoms with Crippen LogP contribution in [0, 0.1) is 17.6 Å². The highest BCUT2D eigenvalue weighted by Gasteiger charge is 2.36. The molecular formula is C16H17F2NO3S. The van der Waals surface area contributed by atoms with Crippen LogP contribution in [-0.4, -0.2) is 19.8 Å². The van der Waals surface area contributed by atoms with Crippen LogP contribution in [0.25, 0.3) is 0 Å². The van der Waals surface area contributed by atoms with E-state index in [4.69, 9.17) is 4.42 Å². The molecule has 0 saturated heterocycles. The molecule has 1 aliphatic carbocycles. The van der Waals surface area contributed by atoms with Gasteiger partial charge in [0.2, 0.25) is 10.0 Å². The normalized spacial score (nSPS) is 20.9. The lowest BCUT2D eigenvalue weighted by molar-refractivity contribution is 0.389. The van der Waals surface area contributed by atoms with Crippen molar-refractivity contribution in [2.75, 3.05) is 7.05 Å². The topological polar surface area (TPSA) is 50.5 Å². The number of benzene rings is 1. The fourth-order valence-corrected chi connectivity index (χ4v) is 3.67. The molecule has 2 atom stereocenters. The van der Waals surface area contributed by atoms with Gasteiger partial charge >= 0.3 is 0 Å². The summed E-state index contributed by atoms with van der Waals surface area (Å²) in [4.78, 5) is -0.290. The first-order valence-electron chi connectivity index (χ1n) is 7.29. The van der Waals surface area contributed by atoms with Crippen LogP contribution in [0.3, 0.4) is 0 Å². The summed E-state index contributed by atoms with van der Waals surface area (Å²) in [6.45, 7) is 2.16. The Labute approximate surface area is 133 Å². The number of sulfonamides is 1. The summed E-state index contributed by atoms with van der Waals surface area (Å²) >= 11 is 0. The van der Waals surface area contributed by atoms with Crippen LogP contribution in [-0.2, 0) is 16.6 Å². The second kappa shape index (κ2) is 5.72. The number of hydrogen-bond donors (Lipinski definition) is 0. The fraction of sp³-hybridized carbons (Fsp3) is 0.375. The average molecular weight is 341 g/mol. The molecule has 1 fully saturated rings. The Kier molecular flexibility index (Phi) is 4.01. The van der Waals surface area contributed by atoms with E-state index in [1.807, 2.05) is 6.07 Å². The van der Waals surface area contributed by atoms with Crippen LogP contribution in [0.2, 0.25) is 0 Å². The van der Waals surface area contributed by atoms with Gasteiger partial charge in [-0.05, 0) is 42.7 Å². The van der Waals surface area contributed by atoms with Gasteiger partial charge in [-0.25, -0.2) is 17.2 Å². The molecule has 1 heterocycles. The van der Waals surface area contributed by atoms with Crippen molar-refractivity contribution in [3.05, 3.63) is 53.5 Å². The summed E-state index contributed by atoms with van der Waals surface area (Å²) in [6, 6.07) is 6.14. The zero-order valence-corrected chi connectivity index (χ0v) is 13.6. The van der Waals surface area contributed by atoms with Crippen molar-refractivity contribution in [3.63, 3.8) is 0 Å². The number of rotatable bonds is 5. The van der Waals surface area contributed by atoms with Gasteiger partial charge in [-0.1, -0.05) is 6.92 Å². The molecule has 0 amide bonds. The third kappa shape index (κ3) is 3.16. The van der Waals surface area contributed by atoms with Crippen LogP contribution in [0.1, 0.15) is 30.8 Å². The van der Waals surface area contributed by atoms with Gasteiger partial charge in [0.25, 0.3) is 0 Å². The van der Waals surface area contributed by atoms with Gasteiger partial charge < -0.3 is 4.42 Å². The van der Waals surface area contributed by atoms with Crippen molar-refractivity contribution in [2.45, 2.75) is 30.7 Å². The van der Waals surface area contributed by atoms with Crippen molar-refractivity contribution in [1.82, 2.24) is 4.31 Å². The van der Waals surface area contributed by atoms with Gasteiger partial charge in [-0.2, -0.15) is 4.31 Å². The maximum absolute atomic E-state index is 13.3. The maximum atomic E-state index is 13.3. The standard InChI is InChI=1S/C16H17F2NO3S/c1-10-7-13(10)16-6-3-11(22-16)9-19(2)23(20,21)12-4-5-14(17)15(18)8-12/h3-6,8,10,13H,7,9H2,1-2H3/t10-,13+/m0/s1. The van der Waals surface area contributed by atoms with Crippen molar-refractivity contribution in [1.29, 1.82) is 0 Å². The summed E-state index contributed by atoms with van der Waals surface area (Å²) in [5.41, 5.74) is 0. The van der Waals surface area contributed by atoms with E-state index < -0.39 is 21.7 Å². The number of hydrogen-bond acceptors (Lipinski definition) is 3. The smallest absolute Gasteiger partial charge is 0.243 e. The Hall–Kier alpha value is -1.73. The summed E-state index contributed by atoms with van der Waals surface area (Å²) in [6.07, 6.45) is 1.08. The molecule has 1 aromatic heterocycles. The molecule has 1 saturated carbocycles. The lowest BCUT2D eigenvalue weighted by atomic mass is 10.3. The largest absolute Gasteiger partial charge is 0.464 e. The van der Waals surface area contributed by atoms with Crippen LogP contribution in [0.5, 0.6) is 0 Å². The molecule has 0 unspecified atom stereocenters. The molecule has 1 aromatic carbocycles. The van der Waals surface area contributed by atoms with Crippen molar-refractivity contribution < 1.29 is 21.6 Å². The predicted molar refractivity (Wildman–Crippen MR) is 80.2 cm³/mol. The van der Waals surface area contributed by atoms with Crippen molar-refractivity contribution >= 4 is 10.0 Å². The zero-order chi connectivity index (χ0) is 16.8. The summed E-state index contributed by atoms with van der Waals surface area (Å²) < 4.78 is 57.7. The van der Waals surface area contributed by atoms with Crippen LogP contribution < -0.4 is 0 Å². The summed E-state index contributed by atoms with van der Waals surface area (Å²) in [7, 11) is -2.54. The zero-order valence-electron chi connectivity index (χ0n) is 12.8. The highest BCUT2D eigenvalue weighted by Crippen LogP contribution is 2.47. The van der Waals surface area contributed by atoms with Crippen LogP contribution >= 0.6 is 0 Å². The molecule has 0 bridgehead atoms. The molecule has 0 spiro atoms. The molecule has 4 nitrogen and oxygen atoms in total. The minimum Gasteiger partial charge on any atom is -0.464 e. The maximum Gasteiger partial charge on any atom is 0.243 e. The molecule has 3 rings (SSSR count). The monoisotopic (exact) mass is 341 g/mol. The van der Waals surface area contributed by atoms with Gasteiger partial charge in [0, 0.05) is 13.0 Å². The first-order valence-corrected chi connectivity index (χ1v) is 8.73. The van der Waals surface area contributed by atoms with Crippen LogP contribution in [0.4, 0.5) is 8.78 Å². The second-order valence-electron chi connectivity index (χ2n) is 5.96. The number of nitrogens with zero attached hydrogens (tertiary/aromatic N) is 1. The first kappa shape index (κ1) is 16.1. The Bertz CT molecular complexity index is 832. The summed E-state index contributed by atoms with van der Waals surface area (Å²) in [5.74, 6) is 0.122. The first-order chi connectivity index (χ1) is 10.8. The van der Waals surface area contributed by atoms with Crippen molar-refractivity contribution in [2.24, 2.45) is 5.92 Å². The quantitative estimate of drug-likeness (QED) is 0.836. The Morgan fingerprint density at radius 3 is 2.52 bits per heavy atom. The average Bonchev–Trinajstić information content (AvgIpc) is 3.04. The highest BCUT2D eigenvalue weighted by atomic mass is 32.2. The van der Waals surface area contributed by atoms with E-state index in [1.54, 1.807) is 6.07 Å². The van der Waals surface area contributed by atoms with E-state index in [-0.39, 0.29) is 11.4 Å². The van der Waals surface area contributed by atoms with Gasteiger partial charge in [-0.3, -0.25) is 0 Å². The molecule has 0 N–H and O–H groups in total. The van der Waals surface area contributed by atoms with E-state index >= 15 is 0 Å². The number of halogens is 2. The molecular weight excluding hydrogens is 324 g/mol. The Morgan fingerprint density at radius 2 is 1.91 bits per heavy atom. The molecule has 124 valence electrons. The highest BCUT2D eigenvalue weighted by molar-refractivity contribution is 7.89. The predicted octanol–water partition coefficient (Wildman–Crippen LogP) is 3.50. The third-order valence-corrected chi connectivity index (χ3v) is 5.93. The molecule has 23 heavy (non-hydrogen) atoms. The SMILES string of the molecule is C[C@H]1C[C@H]1c1ccc(CN(C)S(=O)(=O)c2ccc(F)c(F)c2)o1. The van der Waals surface area contributed by atoms with Crippen molar-refractivity contribution in [3.8, 4) is 0 Å². The van der Waals surface area contributed by atoms with E-state index in [0.29, 0.717) is 23.7 Å². The third-order valence-electron chi connectivity index (χ3n) is 4.14. The van der Waals surface area contributed by atoms with Crippen LogP contribution in [0.15, 0.2) is 39.6 Å². The fourth-order valence-electron chi connectivity index (χ4n) is 2.52. The second-order valence-corrected chi connectivity index (χ2v) is 8.01. The Morgan fingerprint density at radius 1 is 1.22 bits per heavy atom. The van der Waals surface area contributed by atoms with Gasteiger partial charge in [0.1, 0.15) is 11.5 Å². The van der Waals surface area contributed by atoms with E-state index in [9.17, 15) is 17.2 Å². The van der Waals surface area contributed by atoms with Gasteiger partial charge in [-0.15, -0.1) is 0 Å². The molecule has 1 aliphatic rings. The lowest BCUT2D eigenvalue weighted by Gasteiger charge is -2.16. The van der Waals surface area contributed by atoms with Gasteiger partial charge in [0.15, 0.2) is 11.6 Å².